The molecule has 0 aliphatic heterocycles. The maximum Gasteiger partial charge on any atom is 0.162 e. The first kappa shape index (κ1) is 16.4. The van der Waals surface area contributed by atoms with E-state index in [0.717, 1.165) is 0 Å². The third-order valence-corrected chi connectivity index (χ3v) is 4.50. The molecule has 0 amide bonds. The Bertz CT molecular complexity index is 664. The first-order valence-electron chi connectivity index (χ1n) is 5.98. The molecule has 0 aliphatic rings. The average Bonchev–Trinajstić information content (AvgIpc) is 2.46. The van der Waals surface area contributed by atoms with Gasteiger partial charge in [-0.05, 0) is 29.3 Å². The van der Waals surface area contributed by atoms with Crippen LogP contribution in [-0.2, 0) is 0 Å². The Hall–Kier alpha value is -0.970. The number of benzene rings is 2. The van der Waals surface area contributed by atoms with Crippen LogP contribution < -0.4 is 9.47 Å². The summed E-state index contributed by atoms with van der Waals surface area (Å²) in [5, 5.41) is -0.101. The highest BCUT2D eigenvalue weighted by Crippen LogP contribution is 2.42. The first-order valence-corrected chi connectivity index (χ1v) is 7.59. The van der Waals surface area contributed by atoms with Gasteiger partial charge in [0.2, 0.25) is 0 Å². The van der Waals surface area contributed by atoms with Crippen LogP contribution in [0.5, 0.6) is 11.5 Å². The van der Waals surface area contributed by atoms with Crippen molar-refractivity contribution in [2.75, 3.05) is 14.2 Å². The highest BCUT2D eigenvalue weighted by atomic mass is 79.9. The lowest BCUT2D eigenvalue weighted by atomic mass is 10.0. The van der Waals surface area contributed by atoms with Gasteiger partial charge in [0, 0.05) is 15.6 Å². The number of halogens is 4. The van der Waals surface area contributed by atoms with Crippen molar-refractivity contribution in [2.45, 2.75) is 5.38 Å². The molecule has 0 saturated carbocycles. The van der Waals surface area contributed by atoms with Crippen molar-refractivity contribution in [1.82, 2.24) is 0 Å². The molecule has 2 aromatic rings. The van der Waals surface area contributed by atoms with Crippen LogP contribution in [0, 0.1) is 5.82 Å². The van der Waals surface area contributed by atoms with Gasteiger partial charge in [0.15, 0.2) is 11.5 Å². The minimum absolute atomic E-state index is 0.340. The zero-order chi connectivity index (χ0) is 15.6. The zero-order valence-corrected chi connectivity index (χ0v) is 14.4. The van der Waals surface area contributed by atoms with E-state index in [4.69, 9.17) is 32.7 Å². The molecule has 0 bridgehead atoms. The van der Waals surface area contributed by atoms with Crippen molar-refractivity contribution < 1.29 is 13.9 Å². The molecule has 1 atom stereocenters. The van der Waals surface area contributed by atoms with E-state index in [1.807, 2.05) is 0 Å². The van der Waals surface area contributed by atoms with Gasteiger partial charge in [-0.2, -0.15) is 0 Å². The molecular formula is C15H12BrCl2FO2. The molecule has 2 nitrogen and oxygen atoms in total. The van der Waals surface area contributed by atoms with Gasteiger partial charge >= 0.3 is 0 Å². The van der Waals surface area contributed by atoms with Crippen molar-refractivity contribution >= 4 is 39.1 Å². The molecule has 1 unspecified atom stereocenters. The van der Waals surface area contributed by atoms with E-state index in [9.17, 15) is 4.39 Å². The summed E-state index contributed by atoms with van der Waals surface area (Å²) in [6, 6.07) is 7.69. The maximum absolute atomic E-state index is 13.2. The number of ether oxygens (including phenoxy) is 2. The summed E-state index contributed by atoms with van der Waals surface area (Å²) in [7, 11) is 3.06. The highest BCUT2D eigenvalue weighted by Gasteiger charge is 2.20. The Labute approximate surface area is 140 Å². The molecule has 2 rings (SSSR count). The Morgan fingerprint density at radius 3 is 2.24 bits per heavy atom. The van der Waals surface area contributed by atoms with Crippen molar-refractivity contribution in [3.8, 4) is 11.5 Å². The van der Waals surface area contributed by atoms with Crippen LogP contribution in [0.25, 0.3) is 0 Å². The molecule has 0 spiro atoms. The quantitative estimate of drug-likeness (QED) is 0.630. The molecule has 2 aromatic carbocycles. The van der Waals surface area contributed by atoms with E-state index >= 15 is 0 Å². The SMILES string of the molecule is COc1cc(Cl)c(C(Cl)c2ccc(F)cc2Br)cc1OC. The van der Waals surface area contributed by atoms with Crippen LogP contribution in [-0.4, -0.2) is 14.2 Å². The van der Waals surface area contributed by atoms with Crippen LogP contribution in [0.4, 0.5) is 4.39 Å². The molecule has 0 N–H and O–H groups in total. The number of hydrogen-bond acceptors (Lipinski definition) is 2. The van der Waals surface area contributed by atoms with Crippen molar-refractivity contribution in [2.24, 2.45) is 0 Å². The molecule has 0 radical (unpaired) electrons. The smallest absolute Gasteiger partial charge is 0.162 e. The van der Waals surface area contributed by atoms with E-state index in [2.05, 4.69) is 15.9 Å². The summed E-state index contributed by atoms with van der Waals surface area (Å²) in [6.07, 6.45) is 0. The molecule has 0 saturated heterocycles. The minimum Gasteiger partial charge on any atom is -0.493 e. The molecule has 0 aromatic heterocycles. The van der Waals surface area contributed by atoms with Gasteiger partial charge in [0.25, 0.3) is 0 Å². The molecule has 0 aliphatic carbocycles. The number of alkyl halides is 1. The van der Waals surface area contributed by atoms with Crippen molar-refractivity contribution in [1.29, 1.82) is 0 Å². The third-order valence-electron chi connectivity index (χ3n) is 3.01. The largest absolute Gasteiger partial charge is 0.493 e. The fourth-order valence-electron chi connectivity index (χ4n) is 1.94. The Morgan fingerprint density at radius 2 is 1.67 bits per heavy atom. The lowest BCUT2D eigenvalue weighted by Gasteiger charge is -2.17. The minimum atomic E-state index is -0.549. The summed E-state index contributed by atoms with van der Waals surface area (Å²) in [4.78, 5) is 0. The average molecular weight is 394 g/mol. The number of methoxy groups -OCH3 is 2. The van der Waals surface area contributed by atoms with Crippen molar-refractivity contribution in [3.05, 3.63) is 56.8 Å². The molecule has 0 heterocycles. The predicted molar refractivity (Wildman–Crippen MR) is 86.4 cm³/mol. The molecule has 112 valence electrons. The Balaban J connectivity index is 2.50. The van der Waals surface area contributed by atoms with Crippen LogP contribution >= 0.6 is 39.1 Å². The summed E-state index contributed by atoms with van der Waals surface area (Å²) < 4.78 is 24.2. The highest BCUT2D eigenvalue weighted by molar-refractivity contribution is 9.10. The van der Waals surface area contributed by atoms with E-state index in [0.29, 0.717) is 32.1 Å². The van der Waals surface area contributed by atoms with Crippen LogP contribution in [0.2, 0.25) is 5.02 Å². The van der Waals surface area contributed by atoms with Gasteiger partial charge in [0.05, 0.1) is 19.6 Å². The lowest BCUT2D eigenvalue weighted by molar-refractivity contribution is 0.354. The van der Waals surface area contributed by atoms with Crippen LogP contribution in [0.3, 0.4) is 0 Å². The Morgan fingerprint density at radius 1 is 1.05 bits per heavy atom. The summed E-state index contributed by atoms with van der Waals surface area (Å²) in [6.45, 7) is 0. The molecular weight excluding hydrogens is 382 g/mol. The van der Waals surface area contributed by atoms with Gasteiger partial charge < -0.3 is 9.47 Å². The second kappa shape index (κ2) is 6.86. The Kier molecular flexibility index (Phi) is 5.36. The molecule has 6 heteroatoms. The van der Waals surface area contributed by atoms with Gasteiger partial charge in [-0.15, -0.1) is 11.6 Å². The van der Waals surface area contributed by atoms with Gasteiger partial charge in [-0.1, -0.05) is 33.6 Å². The topological polar surface area (TPSA) is 18.5 Å². The van der Waals surface area contributed by atoms with E-state index in [1.54, 1.807) is 18.2 Å². The van der Waals surface area contributed by atoms with Gasteiger partial charge in [0.1, 0.15) is 5.82 Å². The first-order chi connectivity index (χ1) is 9.97. The fourth-order valence-corrected chi connectivity index (χ4v) is 3.34. The molecule has 0 fully saturated rings. The number of rotatable bonds is 4. The standard InChI is InChI=1S/C15H12BrCl2FO2/c1-20-13-6-10(12(17)7-14(13)21-2)15(18)9-4-3-8(19)5-11(9)16/h3-7,15H,1-2H3. The van der Waals surface area contributed by atoms with Crippen LogP contribution in [0.15, 0.2) is 34.8 Å². The van der Waals surface area contributed by atoms with Crippen molar-refractivity contribution in [3.63, 3.8) is 0 Å². The number of hydrogen-bond donors (Lipinski definition) is 0. The summed E-state index contributed by atoms with van der Waals surface area (Å²) in [5.41, 5.74) is 1.37. The van der Waals surface area contributed by atoms with E-state index in [-0.39, 0.29) is 5.82 Å². The normalized spacial score (nSPS) is 12.1. The predicted octanol–water partition coefficient (Wildman–Crippen LogP) is 5.59. The monoisotopic (exact) mass is 392 g/mol. The summed E-state index contributed by atoms with van der Waals surface area (Å²) in [5.74, 6) is 0.710. The lowest BCUT2D eigenvalue weighted by Crippen LogP contribution is -1.99. The van der Waals surface area contributed by atoms with Gasteiger partial charge in [-0.25, -0.2) is 4.39 Å². The van der Waals surface area contributed by atoms with E-state index < -0.39 is 5.38 Å². The fraction of sp³-hybridized carbons (Fsp3) is 0.200. The summed E-state index contributed by atoms with van der Waals surface area (Å²) >= 11 is 16.1. The third kappa shape index (κ3) is 3.44. The van der Waals surface area contributed by atoms with E-state index in [1.165, 1.54) is 26.4 Å². The van der Waals surface area contributed by atoms with Gasteiger partial charge in [-0.3, -0.25) is 0 Å². The zero-order valence-electron chi connectivity index (χ0n) is 11.3. The second-order valence-electron chi connectivity index (χ2n) is 4.26. The second-order valence-corrected chi connectivity index (χ2v) is 5.96. The maximum atomic E-state index is 13.2. The van der Waals surface area contributed by atoms with Crippen LogP contribution in [0.1, 0.15) is 16.5 Å². The molecule has 21 heavy (non-hydrogen) atoms.